The van der Waals surface area contributed by atoms with Crippen LogP contribution in [0.15, 0.2) is 29.0 Å². The Balaban J connectivity index is 1.36. The Hall–Kier alpha value is -2.41. The zero-order valence-electron chi connectivity index (χ0n) is 15.3. The monoisotopic (exact) mass is 368 g/mol. The highest BCUT2D eigenvalue weighted by molar-refractivity contribution is 5.80. The molecule has 0 radical (unpaired) electrons. The smallest absolute Gasteiger partial charge is 0.225 e. The molecule has 0 bridgehead atoms. The molecule has 1 saturated heterocycles. The van der Waals surface area contributed by atoms with E-state index < -0.39 is 0 Å². The number of hydrogen-bond donors (Lipinski definition) is 1. The van der Waals surface area contributed by atoms with E-state index >= 15 is 0 Å². The molecule has 1 N–H and O–H groups in total. The normalized spacial score (nSPS) is 24.7. The maximum Gasteiger partial charge on any atom is 0.225 e. The highest BCUT2D eigenvalue weighted by Crippen LogP contribution is 2.40. The second-order valence-corrected chi connectivity index (χ2v) is 7.91. The minimum atomic E-state index is -0.211. The average molecular weight is 368 g/mol. The Bertz CT molecular complexity index is 834. The zero-order valence-corrected chi connectivity index (χ0v) is 15.3. The third-order valence-electron chi connectivity index (χ3n) is 6.12. The number of furan rings is 1. The molecule has 1 aliphatic carbocycles. The number of nitrogens with zero attached hydrogens (tertiary/aromatic N) is 3. The van der Waals surface area contributed by atoms with Crippen LogP contribution in [0.1, 0.15) is 42.7 Å². The number of anilines is 1. The van der Waals surface area contributed by atoms with Crippen molar-refractivity contribution < 1.29 is 13.9 Å². The maximum absolute atomic E-state index is 12.7. The number of rotatable bonds is 4. The number of carbonyl (C=O) groups is 1. The fourth-order valence-corrected chi connectivity index (χ4v) is 4.35. The van der Waals surface area contributed by atoms with Crippen LogP contribution in [0.3, 0.4) is 0 Å². The fourth-order valence-electron chi connectivity index (χ4n) is 4.35. The number of aromatic nitrogens is 2. The molecule has 1 amide bonds. The van der Waals surface area contributed by atoms with E-state index in [4.69, 9.17) is 14.1 Å². The lowest BCUT2D eigenvalue weighted by atomic mass is 9.80. The number of carbonyl (C=O) groups excluding carboxylic acids is 1. The second-order valence-electron chi connectivity index (χ2n) is 7.91. The van der Waals surface area contributed by atoms with Gasteiger partial charge in [0.05, 0.1) is 37.1 Å². The van der Waals surface area contributed by atoms with E-state index in [2.05, 4.69) is 10.3 Å². The second kappa shape index (κ2) is 6.64. The number of fused-ring (bicyclic) bond motifs is 2. The Kier molecular flexibility index (Phi) is 4.11. The molecule has 5 rings (SSSR count). The van der Waals surface area contributed by atoms with Crippen LogP contribution in [0.25, 0.3) is 0 Å². The summed E-state index contributed by atoms with van der Waals surface area (Å²) in [6.45, 7) is 3.18. The first-order valence-electron chi connectivity index (χ1n) is 9.73. The van der Waals surface area contributed by atoms with Gasteiger partial charge in [-0.05, 0) is 31.4 Å². The van der Waals surface area contributed by atoms with Crippen molar-refractivity contribution >= 4 is 11.9 Å². The number of ether oxygens (including phenoxy) is 1. The summed E-state index contributed by atoms with van der Waals surface area (Å²) in [5.41, 5.74) is 1.86. The van der Waals surface area contributed by atoms with Crippen LogP contribution in [0.2, 0.25) is 0 Å². The van der Waals surface area contributed by atoms with Crippen LogP contribution in [0.4, 0.5) is 5.95 Å². The summed E-state index contributed by atoms with van der Waals surface area (Å²) in [4.78, 5) is 24.0. The standard InChI is InChI=1S/C20H24N4O3/c25-18(14-3-1-4-14)24-7-6-20(12-24)13-26-11-15-9-21-19(23-17(15)20)22-10-16-5-2-8-27-16/h2,5,8-9,14H,1,3-4,6-7,10-13H2,(H,21,22,23). The van der Waals surface area contributed by atoms with Crippen LogP contribution in [0.5, 0.6) is 0 Å². The minimum absolute atomic E-state index is 0.211. The highest BCUT2D eigenvalue weighted by Gasteiger charge is 2.47. The van der Waals surface area contributed by atoms with E-state index in [1.807, 2.05) is 23.2 Å². The summed E-state index contributed by atoms with van der Waals surface area (Å²) in [6.07, 6.45) is 7.66. The molecular formula is C20H24N4O3. The summed E-state index contributed by atoms with van der Waals surface area (Å²) in [7, 11) is 0. The zero-order chi connectivity index (χ0) is 18.3. The Morgan fingerprint density at radius 1 is 1.41 bits per heavy atom. The predicted octanol–water partition coefficient (Wildman–Crippen LogP) is 2.48. The lowest BCUT2D eigenvalue weighted by Crippen LogP contribution is -2.43. The van der Waals surface area contributed by atoms with Crippen molar-refractivity contribution in [2.75, 3.05) is 25.0 Å². The molecular weight excluding hydrogens is 344 g/mol. The summed E-state index contributed by atoms with van der Waals surface area (Å²) >= 11 is 0. The molecule has 2 aliphatic heterocycles. The third-order valence-corrected chi connectivity index (χ3v) is 6.12. The number of amides is 1. The van der Waals surface area contributed by atoms with Gasteiger partial charge in [-0.15, -0.1) is 0 Å². The molecule has 1 saturated carbocycles. The van der Waals surface area contributed by atoms with E-state index in [1.54, 1.807) is 6.26 Å². The summed E-state index contributed by atoms with van der Waals surface area (Å²) in [5, 5.41) is 3.24. The van der Waals surface area contributed by atoms with Crippen molar-refractivity contribution in [3.05, 3.63) is 41.6 Å². The Morgan fingerprint density at radius 2 is 2.33 bits per heavy atom. The van der Waals surface area contributed by atoms with Gasteiger partial charge in [0, 0.05) is 30.8 Å². The van der Waals surface area contributed by atoms with Gasteiger partial charge in [0.15, 0.2) is 0 Å². The topological polar surface area (TPSA) is 80.5 Å². The van der Waals surface area contributed by atoms with Crippen molar-refractivity contribution in [2.24, 2.45) is 5.92 Å². The molecule has 2 aromatic heterocycles. The van der Waals surface area contributed by atoms with Crippen molar-refractivity contribution in [2.45, 2.75) is 44.2 Å². The average Bonchev–Trinajstić information content (AvgIpc) is 3.30. The molecule has 3 aliphatic rings. The molecule has 0 aromatic carbocycles. The van der Waals surface area contributed by atoms with Gasteiger partial charge in [-0.2, -0.15) is 0 Å². The van der Waals surface area contributed by atoms with Crippen LogP contribution in [-0.2, 0) is 28.1 Å². The molecule has 2 fully saturated rings. The molecule has 1 atom stereocenters. The summed E-state index contributed by atoms with van der Waals surface area (Å²) in [6, 6.07) is 3.78. The number of hydrogen-bond acceptors (Lipinski definition) is 6. The first-order valence-corrected chi connectivity index (χ1v) is 9.73. The lowest BCUT2D eigenvalue weighted by Gasteiger charge is -2.35. The van der Waals surface area contributed by atoms with E-state index in [0.717, 1.165) is 42.8 Å². The van der Waals surface area contributed by atoms with E-state index in [-0.39, 0.29) is 11.3 Å². The van der Waals surface area contributed by atoms with Gasteiger partial charge >= 0.3 is 0 Å². The third kappa shape index (κ3) is 3.00. The van der Waals surface area contributed by atoms with Gasteiger partial charge in [-0.3, -0.25) is 4.79 Å². The SMILES string of the molecule is O=C(C1CCC1)N1CCC2(COCc3cnc(NCc4ccco4)nc32)C1. The first kappa shape index (κ1) is 16.7. The summed E-state index contributed by atoms with van der Waals surface area (Å²) in [5.74, 6) is 1.98. The number of likely N-dealkylation sites (tertiary alicyclic amines) is 1. The van der Waals surface area contributed by atoms with Gasteiger partial charge in [-0.1, -0.05) is 6.42 Å². The van der Waals surface area contributed by atoms with Crippen LogP contribution in [0, 0.1) is 5.92 Å². The number of nitrogens with one attached hydrogen (secondary N) is 1. The Morgan fingerprint density at radius 3 is 3.11 bits per heavy atom. The highest BCUT2D eigenvalue weighted by atomic mass is 16.5. The molecule has 1 spiro atoms. The van der Waals surface area contributed by atoms with E-state index in [9.17, 15) is 4.79 Å². The van der Waals surface area contributed by atoms with Gasteiger partial charge in [0.1, 0.15) is 5.76 Å². The van der Waals surface area contributed by atoms with Gasteiger partial charge in [0.25, 0.3) is 0 Å². The van der Waals surface area contributed by atoms with Crippen LogP contribution in [-0.4, -0.2) is 40.5 Å². The molecule has 2 aromatic rings. The van der Waals surface area contributed by atoms with Crippen molar-refractivity contribution in [3.8, 4) is 0 Å². The van der Waals surface area contributed by atoms with Crippen LogP contribution >= 0.6 is 0 Å². The van der Waals surface area contributed by atoms with Crippen molar-refractivity contribution in [3.63, 3.8) is 0 Å². The molecule has 7 heteroatoms. The quantitative estimate of drug-likeness (QED) is 0.893. The van der Waals surface area contributed by atoms with Crippen molar-refractivity contribution in [1.82, 2.24) is 14.9 Å². The predicted molar refractivity (Wildman–Crippen MR) is 97.9 cm³/mol. The lowest BCUT2D eigenvalue weighted by molar-refractivity contribution is -0.137. The summed E-state index contributed by atoms with van der Waals surface area (Å²) < 4.78 is 11.2. The van der Waals surface area contributed by atoms with E-state index in [0.29, 0.717) is 38.2 Å². The van der Waals surface area contributed by atoms with Gasteiger partial charge in [0.2, 0.25) is 11.9 Å². The molecule has 4 heterocycles. The maximum atomic E-state index is 12.7. The molecule has 142 valence electrons. The van der Waals surface area contributed by atoms with Gasteiger partial charge < -0.3 is 19.4 Å². The van der Waals surface area contributed by atoms with E-state index in [1.165, 1.54) is 6.42 Å². The Labute approximate surface area is 158 Å². The largest absolute Gasteiger partial charge is 0.467 e. The van der Waals surface area contributed by atoms with Crippen molar-refractivity contribution in [1.29, 1.82) is 0 Å². The molecule has 7 nitrogen and oxygen atoms in total. The van der Waals surface area contributed by atoms with Gasteiger partial charge in [-0.25, -0.2) is 9.97 Å². The molecule has 27 heavy (non-hydrogen) atoms. The van der Waals surface area contributed by atoms with Crippen LogP contribution < -0.4 is 5.32 Å². The first-order chi connectivity index (χ1) is 13.2. The fraction of sp³-hybridized carbons (Fsp3) is 0.550. The minimum Gasteiger partial charge on any atom is -0.467 e. The molecule has 1 unspecified atom stereocenters.